The first kappa shape index (κ1) is 11.6. The Balaban J connectivity index is 1.61. The van der Waals surface area contributed by atoms with E-state index in [1.807, 2.05) is 24.3 Å². The van der Waals surface area contributed by atoms with E-state index >= 15 is 0 Å². The molecule has 0 atom stereocenters. The molecule has 18 heavy (non-hydrogen) atoms. The molecular weight excluding hydrogens is 224 g/mol. The first-order valence-corrected chi connectivity index (χ1v) is 6.51. The number of hydrogen-bond donors (Lipinski definition) is 1. The van der Waals surface area contributed by atoms with E-state index in [1.54, 1.807) is 0 Å². The largest absolute Gasteiger partial charge is 0.372 e. The van der Waals surface area contributed by atoms with Crippen LogP contribution in [0.4, 0.5) is 0 Å². The fourth-order valence-electron chi connectivity index (χ4n) is 2.39. The predicted octanol–water partition coefficient (Wildman–Crippen LogP) is 2.49. The molecule has 0 amide bonds. The SMILES string of the molecule is NCC1CC(OCc2ccc3ccccc3n2)C1. The van der Waals surface area contributed by atoms with Crippen LogP contribution in [-0.2, 0) is 11.3 Å². The second kappa shape index (κ2) is 5.04. The normalized spacial score (nSPS) is 22.9. The molecule has 2 aromatic rings. The van der Waals surface area contributed by atoms with Crippen LogP contribution in [0.15, 0.2) is 36.4 Å². The second-order valence-corrected chi connectivity index (χ2v) is 5.00. The quantitative estimate of drug-likeness (QED) is 0.896. The predicted molar refractivity (Wildman–Crippen MR) is 72.1 cm³/mol. The molecule has 1 aromatic heterocycles. The number of nitrogens with two attached hydrogens (primary N) is 1. The molecule has 0 radical (unpaired) electrons. The molecule has 1 fully saturated rings. The minimum absolute atomic E-state index is 0.381. The Morgan fingerprint density at radius 1 is 1.17 bits per heavy atom. The topological polar surface area (TPSA) is 48.1 Å². The summed E-state index contributed by atoms with van der Waals surface area (Å²) >= 11 is 0. The second-order valence-electron chi connectivity index (χ2n) is 5.00. The monoisotopic (exact) mass is 242 g/mol. The Kier molecular flexibility index (Phi) is 3.26. The van der Waals surface area contributed by atoms with Crippen molar-refractivity contribution in [2.75, 3.05) is 6.54 Å². The van der Waals surface area contributed by atoms with E-state index in [1.165, 1.54) is 5.39 Å². The zero-order valence-electron chi connectivity index (χ0n) is 10.4. The number of para-hydroxylation sites is 1. The van der Waals surface area contributed by atoms with Crippen LogP contribution < -0.4 is 5.73 Å². The third-order valence-corrected chi connectivity index (χ3v) is 3.65. The summed E-state index contributed by atoms with van der Waals surface area (Å²) in [5.74, 6) is 0.666. The van der Waals surface area contributed by atoms with Gasteiger partial charge in [0.1, 0.15) is 0 Å². The van der Waals surface area contributed by atoms with Gasteiger partial charge in [-0.05, 0) is 37.4 Å². The van der Waals surface area contributed by atoms with Crippen molar-refractivity contribution in [2.45, 2.75) is 25.6 Å². The van der Waals surface area contributed by atoms with Crippen molar-refractivity contribution >= 4 is 10.9 Å². The highest BCUT2D eigenvalue weighted by molar-refractivity contribution is 5.78. The van der Waals surface area contributed by atoms with Crippen molar-refractivity contribution < 1.29 is 4.74 Å². The molecule has 1 aliphatic rings. The highest BCUT2D eigenvalue weighted by Gasteiger charge is 2.28. The Hall–Kier alpha value is -1.45. The minimum atomic E-state index is 0.381. The first-order valence-electron chi connectivity index (χ1n) is 6.51. The van der Waals surface area contributed by atoms with Crippen LogP contribution in [0.1, 0.15) is 18.5 Å². The maximum Gasteiger partial charge on any atom is 0.0891 e. The Bertz CT molecular complexity index is 535. The molecule has 0 spiro atoms. The lowest BCUT2D eigenvalue weighted by Crippen LogP contribution is -2.35. The molecule has 0 aliphatic heterocycles. The van der Waals surface area contributed by atoms with Gasteiger partial charge in [0.2, 0.25) is 0 Å². The number of ether oxygens (including phenoxy) is 1. The lowest BCUT2D eigenvalue weighted by molar-refractivity contribution is -0.0386. The number of rotatable bonds is 4. The van der Waals surface area contributed by atoms with Crippen LogP contribution in [0.2, 0.25) is 0 Å². The molecule has 0 saturated heterocycles. The van der Waals surface area contributed by atoms with Gasteiger partial charge in [-0.15, -0.1) is 0 Å². The van der Waals surface area contributed by atoms with E-state index in [-0.39, 0.29) is 0 Å². The molecule has 3 rings (SSSR count). The number of fused-ring (bicyclic) bond motifs is 1. The van der Waals surface area contributed by atoms with E-state index < -0.39 is 0 Å². The lowest BCUT2D eigenvalue weighted by atomic mass is 9.82. The van der Waals surface area contributed by atoms with Crippen molar-refractivity contribution in [3.8, 4) is 0 Å². The van der Waals surface area contributed by atoms with Gasteiger partial charge in [-0.3, -0.25) is 4.98 Å². The summed E-state index contributed by atoms with van der Waals surface area (Å²) < 4.78 is 5.83. The maximum atomic E-state index is 5.83. The molecule has 0 bridgehead atoms. The fraction of sp³-hybridized carbons (Fsp3) is 0.400. The third-order valence-electron chi connectivity index (χ3n) is 3.65. The van der Waals surface area contributed by atoms with Crippen LogP contribution in [0.25, 0.3) is 10.9 Å². The Morgan fingerprint density at radius 2 is 2.00 bits per heavy atom. The highest BCUT2D eigenvalue weighted by atomic mass is 16.5. The van der Waals surface area contributed by atoms with Gasteiger partial charge in [0.05, 0.1) is 23.9 Å². The average Bonchev–Trinajstić information content (AvgIpc) is 2.37. The molecule has 1 heterocycles. The summed E-state index contributed by atoms with van der Waals surface area (Å²) in [5, 5.41) is 1.17. The molecule has 0 unspecified atom stereocenters. The molecule has 1 saturated carbocycles. The van der Waals surface area contributed by atoms with Gasteiger partial charge in [-0.2, -0.15) is 0 Å². The van der Waals surface area contributed by atoms with Crippen LogP contribution in [-0.4, -0.2) is 17.6 Å². The third kappa shape index (κ3) is 2.37. The summed E-state index contributed by atoms with van der Waals surface area (Å²) in [5.41, 5.74) is 7.64. The van der Waals surface area contributed by atoms with Gasteiger partial charge in [-0.1, -0.05) is 24.3 Å². The Morgan fingerprint density at radius 3 is 2.83 bits per heavy atom. The van der Waals surface area contributed by atoms with Crippen LogP contribution >= 0.6 is 0 Å². The van der Waals surface area contributed by atoms with E-state index in [0.717, 1.165) is 30.6 Å². The fourth-order valence-corrected chi connectivity index (χ4v) is 2.39. The highest BCUT2D eigenvalue weighted by Crippen LogP contribution is 2.29. The van der Waals surface area contributed by atoms with E-state index in [2.05, 4.69) is 17.1 Å². The number of benzene rings is 1. The molecule has 3 heteroatoms. The van der Waals surface area contributed by atoms with Crippen LogP contribution in [0.3, 0.4) is 0 Å². The van der Waals surface area contributed by atoms with Gasteiger partial charge in [0, 0.05) is 5.39 Å². The van der Waals surface area contributed by atoms with E-state index in [9.17, 15) is 0 Å². The van der Waals surface area contributed by atoms with Gasteiger partial charge >= 0.3 is 0 Å². The smallest absolute Gasteiger partial charge is 0.0891 e. The average molecular weight is 242 g/mol. The van der Waals surface area contributed by atoms with Crippen LogP contribution in [0, 0.1) is 5.92 Å². The molecule has 1 aliphatic carbocycles. The van der Waals surface area contributed by atoms with Gasteiger partial charge in [-0.25, -0.2) is 0 Å². The van der Waals surface area contributed by atoms with Crippen molar-refractivity contribution in [3.63, 3.8) is 0 Å². The van der Waals surface area contributed by atoms with Gasteiger partial charge < -0.3 is 10.5 Å². The molecular formula is C15H18N2O. The van der Waals surface area contributed by atoms with Crippen molar-refractivity contribution in [1.29, 1.82) is 0 Å². The number of nitrogens with zero attached hydrogens (tertiary/aromatic N) is 1. The van der Waals surface area contributed by atoms with Crippen molar-refractivity contribution in [1.82, 2.24) is 4.98 Å². The zero-order chi connectivity index (χ0) is 12.4. The van der Waals surface area contributed by atoms with Gasteiger partial charge in [0.15, 0.2) is 0 Å². The summed E-state index contributed by atoms with van der Waals surface area (Å²) in [7, 11) is 0. The van der Waals surface area contributed by atoms with Crippen molar-refractivity contribution in [3.05, 3.63) is 42.1 Å². The molecule has 3 nitrogen and oxygen atoms in total. The summed E-state index contributed by atoms with van der Waals surface area (Å²) in [6.45, 7) is 1.39. The summed E-state index contributed by atoms with van der Waals surface area (Å²) in [6, 6.07) is 12.3. The molecule has 2 N–H and O–H groups in total. The maximum absolute atomic E-state index is 5.83. The summed E-state index contributed by atoms with van der Waals surface area (Å²) in [6.07, 6.45) is 2.58. The van der Waals surface area contributed by atoms with Gasteiger partial charge in [0.25, 0.3) is 0 Å². The minimum Gasteiger partial charge on any atom is -0.372 e. The van der Waals surface area contributed by atoms with E-state index in [0.29, 0.717) is 18.6 Å². The number of pyridine rings is 1. The van der Waals surface area contributed by atoms with Crippen LogP contribution in [0.5, 0.6) is 0 Å². The van der Waals surface area contributed by atoms with Crippen molar-refractivity contribution in [2.24, 2.45) is 11.7 Å². The lowest BCUT2D eigenvalue weighted by Gasteiger charge is -2.34. The molecule has 1 aromatic carbocycles. The Labute approximate surface area is 107 Å². The molecule has 94 valence electrons. The van der Waals surface area contributed by atoms with E-state index in [4.69, 9.17) is 10.5 Å². The standard InChI is InChI=1S/C15H18N2O/c16-9-11-7-14(8-11)18-10-13-6-5-12-3-1-2-4-15(12)17-13/h1-6,11,14H,7-10,16H2. The number of hydrogen-bond acceptors (Lipinski definition) is 3. The summed E-state index contributed by atoms with van der Waals surface area (Å²) in [4.78, 5) is 4.60. The number of aromatic nitrogens is 1. The first-order chi connectivity index (χ1) is 8.85. The zero-order valence-corrected chi connectivity index (χ0v) is 10.4.